The molecule has 0 unspecified atom stereocenters. The number of carboxylic acids is 2. The fourth-order valence-electron chi connectivity index (χ4n) is 1.81. The first-order valence-electron chi connectivity index (χ1n) is 5.65. The predicted octanol–water partition coefficient (Wildman–Crippen LogP) is 0.303. The van der Waals surface area contributed by atoms with Crippen molar-refractivity contribution in [2.45, 2.75) is 12.8 Å². The number of nitrogens with two attached hydrogens (primary N) is 1. The molecule has 0 aromatic heterocycles. The van der Waals surface area contributed by atoms with Crippen molar-refractivity contribution in [3.8, 4) is 0 Å². The highest BCUT2D eigenvalue weighted by Crippen LogP contribution is 2.28. The molecule has 1 rings (SSSR count). The lowest BCUT2D eigenvalue weighted by molar-refractivity contribution is -0.166. The van der Waals surface area contributed by atoms with E-state index in [9.17, 15) is 24.6 Å². The monoisotopic (exact) mass is 265 g/mol. The third kappa shape index (κ3) is 3.38. The Labute approximate surface area is 109 Å². The molecule has 0 amide bonds. The molecule has 0 fully saturated rings. The van der Waals surface area contributed by atoms with Gasteiger partial charge in [-0.05, 0) is 12.0 Å². The van der Waals surface area contributed by atoms with Gasteiger partial charge in [-0.2, -0.15) is 0 Å². The van der Waals surface area contributed by atoms with Crippen LogP contribution in [-0.2, 0) is 20.8 Å². The Morgan fingerprint density at radius 3 is 2.00 bits per heavy atom. The SMILES string of the molecule is NCC(=O)CC(Cc1ccccc1)(C(=O)O)C(=O)O. The highest BCUT2D eigenvalue weighted by atomic mass is 16.4. The summed E-state index contributed by atoms with van der Waals surface area (Å²) in [6, 6.07) is 8.32. The first-order valence-corrected chi connectivity index (χ1v) is 5.65. The zero-order valence-electron chi connectivity index (χ0n) is 10.2. The van der Waals surface area contributed by atoms with Crippen molar-refractivity contribution in [2.75, 3.05) is 6.54 Å². The van der Waals surface area contributed by atoms with Crippen LogP contribution in [0.25, 0.3) is 0 Å². The van der Waals surface area contributed by atoms with E-state index in [0.29, 0.717) is 5.56 Å². The van der Waals surface area contributed by atoms with Gasteiger partial charge in [-0.3, -0.25) is 14.4 Å². The number of hydrogen-bond donors (Lipinski definition) is 3. The van der Waals surface area contributed by atoms with Crippen LogP contribution in [0.3, 0.4) is 0 Å². The van der Waals surface area contributed by atoms with Gasteiger partial charge < -0.3 is 15.9 Å². The van der Waals surface area contributed by atoms with Crippen molar-refractivity contribution in [3.05, 3.63) is 35.9 Å². The van der Waals surface area contributed by atoms with E-state index >= 15 is 0 Å². The zero-order chi connectivity index (χ0) is 14.5. The normalized spacial score (nSPS) is 11.0. The number of benzene rings is 1. The van der Waals surface area contributed by atoms with Gasteiger partial charge in [0.15, 0.2) is 5.41 Å². The Morgan fingerprint density at radius 2 is 1.58 bits per heavy atom. The molecule has 1 aromatic carbocycles. The molecule has 0 aliphatic rings. The smallest absolute Gasteiger partial charge is 0.321 e. The maximum absolute atomic E-state index is 11.4. The first kappa shape index (κ1) is 14.8. The van der Waals surface area contributed by atoms with Gasteiger partial charge in [-0.25, -0.2) is 0 Å². The van der Waals surface area contributed by atoms with E-state index in [1.165, 1.54) is 0 Å². The van der Waals surface area contributed by atoms with E-state index in [-0.39, 0.29) is 13.0 Å². The van der Waals surface area contributed by atoms with Gasteiger partial charge in [-0.1, -0.05) is 30.3 Å². The van der Waals surface area contributed by atoms with E-state index in [0.717, 1.165) is 0 Å². The van der Waals surface area contributed by atoms with E-state index in [1.54, 1.807) is 30.3 Å². The average Bonchev–Trinajstić information content (AvgIpc) is 2.38. The molecular formula is C13H15NO5. The summed E-state index contributed by atoms with van der Waals surface area (Å²) in [5.41, 5.74) is 3.51. The van der Waals surface area contributed by atoms with Crippen molar-refractivity contribution in [3.63, 3.8) is 0 Å². The molecule has 0 heterocycles. The highest BCUT2D eigenvalue weighted by molar-refractivity contribution is 6.03. The molecular weight excluding hydrogens is 250 g/mol. The van der Waals surface area contributed by atoms with Crippen LogP contribution in [0.1, 0.15) is 12.0 Å². The molecule has 0 saturated carbocycles. The molecule has 6 heteroatoms. The average molecular weight is 265 g/mol. The zero-order valence-corrected chi connectivity index (χ0v) is 10.2. The second kappa shape index (κ2) is 6.10. The van der Waals surface area contributed by atoms with Crippen molar-refractivity contribution in [2.24, 2.45) is 11.1 Å². The number of carbonyl (C=O) groups is 3. The third-order valence-electron chi connectivity index (χ3n) is 2.89. The number of carbonyl (C=O) groups excluding carboxylic acids is 1. The molecule has 0 radical (unpaired) electrons. The summed E-state index contributed by atoms with van der Waals surface area (Å²) < 4.78 is 0. The lowest BCUT2D eigenvalue weighted by Crippen LogP contribution is -2.44. The summed E-state index contributed by atoms with van der Waals surface area (Å²) >= 11 is 0. The molecule has 0 aliphatic heterocycles. The largest absolute Gasteiger partial charge is 0.480 e. The fourth-order valence-corrected chi connectivity index (χ4v) is 1.81. The van der Waals surface area contributed by atoms with Crippen LogP contribution in [0.5, 0.6) is 0 Å². The molecule has 0 aliphatic carbocycles. The van der Waals surface area contributed by atoms with E-state index < -0.39 is 29.6 Å². The van der Waals surface area contributed by atoms with Crippen LogP contribution in [0.4, 0.5) is 0 Å². The minimum absolute atomic E-state index is 0.260. The van der Waals surface area contributed by atoms with Crippen molar-refractivity contribution in [1.29, 1.82) is 0 Å². The number of hydrogen-bond acceptors (Lipinski definition) is 4. The van der Waals surface area contributed by atoms with E-state index in [4.69, 9.17) is 5.73 Å². The highest BCUT2D eigenvalue weighted by Gasteiger charge is 2.48. The topological polar surface area (TPSA) is 118 Å². The number of carboxylic acid groups (broad SMARTS) is 2. The summed E-state index contributed by atoms with van der Waals surface area (Å²) in [5.74, 6) is -3.67. The van der Waals surface area contributed by atoms with Crippen molar-refractivity contribution < 1.29 is 24.6 Å². The van der Waals surface area contributed by atoms with E-state index in [2.05, 4.69) is 0 Å². The van der Waals surface area contributed by atoms with E-state index in [1.807, 2.05) is 0 Å². The lowest BCUT2D eigenvalue weighted by Gasteiger charge is -2.24. The van der Waals surface area contributed by atoms with Gasteiger partial charge >= 0.3 is 11.9 Å². The summed E-state index contributed by atoms with van der Waals surface area (Å²) in [4.78, 5) is 34.1. The second-order valence-electron chi connectivity index (χ2n) is 4.27. The molecule has 102 valence electrons. The quantitative estimate of drug-likeness (QED) is 0.610. The van der Waals surface area contributed by atoms with Crippen molar-refractivity contribution in [1.82, 2.24) is 0 Å². The van der Waals surface area contributed by atoms with Crippen LogP contribution < -0.4 is 5.73 Å². The summed E-state index contributed by atoms with van der Waals surface area (Å²) in [6.45, 7) is -0.378. The van der Waals surface area contributed by atoms with Crippen LogP contribution in [0.15, 0.2) is 30.3 Å². The molecule has 6 nitrogen and oxygen atoms in total. The van der Waals surface area contributed by atoms with Gasteiger partial charge in [-0.15, -0.1) is 0 Å². The minimum atomic E-state index is -2.17. The van der Waals surface area contributed by atoms with Crippen LogP contribution in [0.2, 0.25) is 0 Å². The number of Topliss-reactive ketones (excluding diaryl/α,β-unsaturated/α-hetero) is 1. The van der Waals surface area contributed by atoms with Crippen LogP contribution in [-0.4, -0.2) is 34.5 Å². The Hall–Kier alpha value is -2.21. The minimum Gasteiger partial charge on any atom is -0.480 e. The Bertz CT molecular complexity index is 469. The Balaban J connectivity index is 3.13. The maximum Gasteiger partial charge on any atom is 0.321 e. The number of ketones is 1. The predicted molar refractivity (Wildman–Crippen MR) is 66.5 cm³/mol. The molecule has 0 atom stereocenters. The number of aliphatic carboxylic acids is 2. The standard InChI is InChI=1S/C13H15NO5/c14-8-10(15)7-13(11(16)17,12(18)19)6-9-4-2-1-3-5-9/h1-5H,6-8,14H2,(H,16,17)(H,18,19). The van der Waals surface area contributed by atoms with Gasteiger partial charge in [0.2, 0.25) is 0 Å². The van der Waals surface area contributed by atoms with Gasteiger partial charge in [0.25, 0.3) is 0 Å². The summed E-state index contributed by atoms with van der Waals surface area (Å²) in [7, 11) is 0. The number of rotatable bonds is 7. The molecule has 0 bridgehead atoms. The van der Waals surface area contributed by atoms with Gasteiger partial charge in [0.1, 0.15) is 5.78 Å². The summed E-state index contributed by atoms with van der Waals surface area (Å²) in [6.07, 6.45) is -0.882. The lowest BCUT2D eigenvalue weighted by atomic mass is 9.77. The molecule has 19 heavy (non-hydrogen) atoms. The molecule has 4 N–H and O–H groups in total. The molecule has 0 saturated heterocycles. The summed E-state index contributed by atoms with van der Waals surface area (Å²) in [5, 5.41) is 18.5. The maximum atomic E-state index is 11.4. The first-order chi connectivity index (χ1) is 8.92. The van der Waals surface area contributed by atoms with Gasteiger partial charge in [0, 0.05) is 6.42 Å². The third-order valence-corrected chi connectivity index (χ3v) is 2.89. The Kier molecular flexibility index (Phi) is 4.77. The molecule has 1 aromatic rings. The second-order valence-corrected chi connectivity index (χ2v) is 4.27. The van der Waals surface area contributed by atoms with Gasteiger partial charge in [0.05, 0.1) is 6.54 Å². The fraction of sp³-hybridized carbons (Fsp3) is 0.308. The van der Waals surface area contributed by atoms with Crippen LogP contribution >= 0.6 is 0 Å². The molecule has 0 spiro atoms. The van der Waals surface area contributed by atoms with Crippen LogP contribution in [0, 0.1) is 5.41 Å². The Morgan fingerprint density at radius 1 is 1.05 bits per heavy atom. The van der Waals surface area contributed by atoms with Crippen molar-refractivity contribution >= 4 is 17.7 Å².